The van der Waals surface area contributed by atoms with E-state index in [4.69, 9.17) is 14.5 Å². The van der Waals surface area contributed by atoms with E-state index in [2.05, 4.69) is 5.32 Å². The van der Waals surface area contributed by atoms with Crippen LogP contribution in [-0.4, -0.2) is 38.3 Å². The lowest BCUT2D eigenvalue weighted by atomic mass is 10.1. The van der Waals surface area contributed by atoms with Crippen LogP contribution in [0.5, 0.6) is 11.5 Å². The molecule has 4 rings (SSSR count). The van der Waals surface area contributed by atoms with Crippen LogP contribution >= 0.6 is 11.3 Å². The SMILES string of the molecule is COc1cccc(CNC(=O)CN2C(=O)CC(c3cccs3)=Nc3cc(C)c(C)cc32)c1OC. The van der Waals surface area contributed by atoms with Crippen LogP contribution in [0, 0.1) is 13.8 Å². The van der Waals surface area contributed by atoms with Gasteiger partial charge in [0.2, 0.25) is 11.8 Å². The summed E-state index contributed by atoms with van der Waals surface area (Å²) in [6.07, 6.45) is 0.129. The van der Waals surface area contributed by atoms with Crippen LogP contribution in [0.15, 0.2) is 52.8 Å². The molecule has 176 valence electrons. The molecule has 0 fully saturated rings. The number of para-hydroxylation sites is 1. The van der Waals surface area contributed by atoms with Gasteiger partial charge in [0.1, 0.15) is 6.54 Å². The summed E-state index contributed by atoms with van der Waals surface area (Å²) in [4.78, 5) is 33.6. The van der Waals surface area contributed by atoms with Gasteiger partial charge in [0, 0.05) is 17.0 Å². The van der Waals surface area contributed by atoms with E-state index >= 15 is 0 Å². The van der Waals surface area contributed by atoms with Gasteiger partial charge in [-0.05, 0) is 54.6 Å². The summed E-state index contributed by atoms with van der Waals surface area (Å²) in [6, 6.07) is 13.3. The van der Waals surface area contributed by atoms with Crippen molar-refractivity contribution < 1.29 is 19.1 Å². The molecule has 1 N–H and O–H groups in total. The molecule has 2 amide bonds. The van der Waals surface area contributed by atoms with Crippen LogP contribution in [0.3, 0.4) is 0 Å². The van der Waals surface area contributed by atoms with Crippen LogP contribution in [0.1, 0.15) is 28.0 Å². The molecule has 0 radical (unpaired) electrons. The first-order valence-corrected chi connectivity index (χ1v) is 11.8. The number of hydrogen-bond donors (Lipinski definition) is 1. The fraction of sp³-hybridized carbons (Fsp3) is 0.269. The van der Waals surface area contributed by atoms with Crippen LogP contribution in [-0.2, 0) is 16.1 Å². The van der Waals surface area contributed by atoms with Gasteiger partial charge in [-0.25, -0.2) is 4.99 Å². The van der Waals surface area contributed by atoms with Crippen molar-refractivity contribution >= 4 is 40.2 Å². The van der Waals surface area contributed by atoms with E-state index in [-0.39, 0.29) is 31.3 Å². The van der Waals surface area contributed by atoms with Crippen molar-refractivity contribution in [2.75, 3.05) is 25.7 Å². The van der Waals surface area contributed by atoms with Gasteiger partial charge in [-0.3, -0.25) is 9.59 Å². The number of methoxy groups -OCH3 is 2. The van der Waals surface area contributed by atoms with E-state index in [1.807, 2.05) is 55.6 Å². The normalized spacial score (nSPS) is 13.1. The van der Waals surface area contributed by atoms with Crippen molar-refractivity contribution in [2.45, 2.75) is 26.8 Å². The smallest absolute Gasteiger partial charge is 0.240 e. The number of nitrogens with zero attached hydrogens (tertiary/aromatic N) is 2. The van der Waals surface area contributed by atoms with Gasteiger partial charge < -0.3 is 19.7 Å². The van der Waals surface area contributed by atoms with Gasteiger partial charge in [-0.1, -0.05) is 18.2 Å². The third-order valence-electron chi connectivity index (χ3n) is 5.82. The molecule has 2 heterocycles. The topological polar surface area (TPSA) is 80.2 Å². The highest BCUT2D eigenvalue weighted by molar-refractivity contribution is 7.12. The molecule has 7 nitrogen and oxygen atoms in total. The number of benzene rings is 2. The fourth-order valence-electron chi connectivity index (χ4n) is 3.89. The average molecular weight is 478 g/mol. The first-order chi connectivity index (χ1) is 16.4. The predicted octanol–water partition coefficient (Wildman–Crippen LogP) is 4.56. The molecule has 8 heteroatoms. The Morgan fingerprint density at radius 2 is 1.91 bits per heavy atom. The minimum absolute atomic E-state index is 0.103. The molecule has 1 aromatic heterocycles. The maximum atomic E-state index is 13.3. The summed E-state index contributed by atoms with van der Waals surface area (Å²) in [5.74, 6) is 0.724. The molecule has 0 bridgehead atoms. The Bertz CT molecular complexity index is 1250. The summed E-state index contributed by atoms with van der Waals surface area (Å²) in [6.45, 7) is 4.15. The number of ether oxygens (including phenoxy) is 2. The second kappa shape index (κ2) is 10.1. The molecular formula is C26H27N3O4S. The number of aliphatic imine (C=N–C) groups is 1. The summed E-state index contributed by atoms with van der Waals surface area (Å²) in [7, 11) is 3.13. The van der Waals surface area contributed by atoms with Crippen molar-refractivity contribution in [2.24, 2.45) is 4.99 Å². The number of nitrogens with one attached hydrogen (secondary N) is 1. The molecule has 0 saturated carbocycles. The summed E-state index contributed by atoms with van der Waals surface area (Å²) >= 11 is 1.55. The fourth-order valence-corrected chi connectivity index (χ4v) is 4.61. The van der Waals surface area contributed by atoms with Gasteiger partial charge in [0.25, 0.3) is 0 Å². The molecule has 0 atom stereocenters. The van der Waals surface area contributed by atoms with E-state index in [0.717, 1.165) is 21.6 Å². The molecule has 0 aliphatic carbocycles. The number of carbonyl (C=O) groups excluding carboxylic acids is 2. The van der Waals surface area contributed by atoms with E-state index in [1.165, 1.54) is 4.90 Å². The molecular weight excluding hydrogens is 450 g/mol. The lowest BCUT2D eigenvalue weighted by Gasteiger charge is -2.23. The minimum atomic E-state index is -0.276. The Hall–Kier alpha value is -3.65. The first-order valence-electron chi connectivity index (χ1n) is 10.9. The van der Waals surface area contributed by atoms with Crippen molar-refractivity contribution in [3.05, 3.63) is 69.4 Å². The molecule has 0 unspecified atom stereocenters. The highest BCUT2D eigenvalue weighted by atomic mass is 32.1. The van der Waals surface area contributed by atoms with Crippen molar-refractivity contribution in [3.63, 3.8) is 0 Å². The van der Waals surface area contributed by atoms with Crippen molar-refractivity contribution in [3.8, 4) is 11.5 Å². The summed E-state index contributed by atoms with van der Waals surface area (Å²) in [5, 5.41) is 4.87. The third-order valence-corrected chi connectivity index (χ3v) is 6.74. The molecule has 1 aliphatic rings. The lowest BCUT2D eigenvalue weighted by Crippen LogP contribution is -2.41. The van der Waals surface area contributed by atoms with Crippen molar-refractivity contribution in [1.82, 2.24) is 5.32 Å². The zero-order valence-electron chi connectivity index (χ0n) is 19.7. The van der Waals surface area contributed by atoms with E-state index in [9.17, 15) is 9.59 Å². The maximum absolute atomic E-state index is 13.3. The maximum Gasteiger partial charge on any atom is 0.240 e. The number of thiophene rings is 1. The van der Waals surface area contributed by atoms with Crippen LogP contribution in [0.25, 0.3) is 0 Å². The molecule has 3 aromatic rings. The molecule has 34 heavy (non-hydrogen) atoms. The van der Waals surface area contributed by atoms with Gasteiger partial charge in [-0.2, -0.15) is 0 Å². The number of rotatable bonds is 7. The van der Waals surface area contributed by atoms with Crippen LogP contribution in [0.4, 0.5) is 11.4 Å². The summed E-state index contributed by atoms with van der Waals surface area (Å²) < 4.78 is 10.8. The van der Waals surface area contributed by atoms with E-state index < -0.39 is 0 Å². The number of fused-ring (bicyclic) bond motifs is 1. The van der Waals surface area contributed by atoms with Gasteiger partial charge in [-0.15, -0.1) is 11.3 Å². The minimum Gasteiger partial charge on any atom is -0.493 e. The monoisotopic (exact) mass is 477 g/mol. The van der Waals surface area contributed by atoms with Crippen LogP contribution in [0.2, 0.25) is 0 Å². The van der Waals surface area contributed by atoms with Gasteiger partial charge in [0.05, 0.1) is 37.7 Å². The molecule has 0 spiro atoms. The average Bonchev–Trinajstić information content (AvgIpc) is 3.33. The third kappa shape index (κ3) is 4.82. The van der Waals surface area contributed by atoms with Gasteiger partial charge in [0.15, 0.2) is 11.5 Å². The Balaban J connectivity index is 1.58. The zero-order chi connectivity index (χ0) is 24.2. The largest absolute Gasteiger partial charge is 0.493 e. The van der Waals surface area contributed by atoms with Gasteiger partial charge >= 0.3 is 0 Å². The Morgan fingerprint density at radius 3 is 2.62 bits per heavy atom. The first kappa shape index (κ1) is 23.5. The Kier molecular flexibility index (Phi) is 6.98. The Morgan fingerprint density at radius 1 is 1.12 bits per heavy atom. The highest BCUT2D eigenvalue weighted by Gasteiger charge is 2.27. The number of anilines is 1. The molecule has 2 aromatic carbocycles. The van der Waals surface area contributed by atoms with E-state index in [1.54, 1.807) is 31.6 Å². The quantitative estimate of drug-likeness (QED) is 0.541. The number of hydrogen-bond acceptors (Lipinski definition) is 6. The Labute approximate surface area is 203 Å². The molecule has 1 aliphatic heterocycles. The second-order valence-corrected chi connectivity index (χ2v) is 8.99. The van der Waals surface area contributed by atoms with E-state index in [0.29, 0.717) is 28.6 Å². The van der Waals surface area contributed by atoms with Crippen LogP contribution < -0.4 is 19.7 Å². The number of amides is 2. The number of aryl methyl sites for hydroxylation is 2. The predicted molar refractivity (Wildman–Crippen MR) is 135 cm³/mol. The van der Waals surface area contributed by atoms with Crippen molar-refractivity contribution in [1.29, 1.82) is 0 Å². The number of carbonyl (C=O) groups is 2. The lowest BCUT2D eigenvalue weighted by molar-refractivity contribution is -0.123. The molecule has 0 saturated heterocycles. The standard InChI is InChI=1S/C26H27N3O4S/c1-16-11-19-21(12-17(16)2)29(25(31)13-20(28-19)23-9-6-10-34-23)15-24(30)27-14-18-7-5-8-22(32-3)26(18)33-4/h5-12H,13-15H2,1-4H3,(H,27,30). The highest BCUT2D eigenvalue weighted by Crippen LogP contribution is 2.36. The zero-order valence-corrected chi connectivity index (χ0v) is 20.5. The second-order valence-electron chi connectivity index (χ2n) is 8.05. The summed E-state index contributed by atoms with van der Waals surface area (Å²) in [5.41, 5.74) is 4.96.